The number of benzene rings is 2. The normalized spacial score (nSPS) is 14.8. The molecule has 4 aromatic rings. The summed E-state index contributed by atoms with van der Waals surface area (Å²) in [6.45, 7) is 5.60. The van der Waals surface area contributed by atoms with Crippen LogP contribution in [-0.2, 0) is 57.1 Å². The second-order valence-corrected chi connectivity index (χ2v) is 19.6. The molecule has 2 atom stereocenters. The number of aliphatic imine (C=N–C) groups is 1. The van der Waals surface area contributed by atoms with Gasteiger partial charge in [-0.1, -0.05) is 26.0 Å². The summed E-state index contributed by atoms with van der Waals surface area (Å²) in [6, 6.07) is 11.2. The minimum Gasteiger partial charge on any atom is -0.493 e. The number of anilines is 2. The molecule has 3 aliphatic heterocycles. The smallest absolute Gasteiger partial charge is 0.328 e. The first-order chi connectivity index (χ1) is 39.0. The number of rotatable bonds is 30. The van der Waals surface area contributed by atoms with Gasteiger partial charge in [0.25, 0.3) is 29.5 Å². The largest absolute Gasteiger partial charge is 0.493 e. The highest BCUT2D eigenvalue weighted by atomic mass is 16.5. The molecule has 2 aromatic heterocycles. The summed E-state index contributed by atoms with van der Waals surface area (Å²) in [4.78, 5) is 125. The van der Waals surface area contributed by atoms with Crippen LogP contribution in [0.5, 0.6) is 11.5 Å². The topological polar surface area (TPSA) is 302 Å². The van der Waals surface area contributed by atoms with Crippen LogP contribution < -0.4 is 36.1 Å². The van der Waals surface area contributed by atoms with E-state index in [4.69, 9.17) is 23.7 Å². The number of carbonyl (C=O) groups is 9. The third-order valence-electron chi connectivity index (χ3n) is 13.3. The van der Waals surface area contributed by atoms with Crippen molar-refractivity contribution in [1.82, 2.24) is 39.9 Å². The van der Waals surface area contributed by atoms with Crippen molar-refractivity contribution in [1.29, 1.82) is 0 Å². The van der Waals surface area contributed by atoms with Gasteiger partial charge < -0.3 is 64.3 Å². The lowest BCUT2D eigenvalue weighted by Crippen LogP contribution is -2.45. The maximum atomic E-state index is 13.3. The monoisotopic (exact) mass is 1120 g/mol. The molecule has 25 nitrogen and oxygen atoms in total. The van der Waals surface area contributed by atoms with Crippen LogP contribution in [0.4, 0.5) is 17.2 Å². The van der Waals surface area contributed by atoms with Gasteiger partial charge in [0.1, 0.15) is 11.7 Å². The van der Waals surface area contributed by atoms with Crippen molar-refractivity contribution in [2.75, 3.05) is 83.6 Å². The zero-order valence-electron chi connectivity index (χ0n) is 46.1. The Balaban J connectivity index is 0.750. The first-order valence-electron chi connectivity index (χ1n) is 26.8. The fraction of sp³-hybridized carbons (Fsp3) is 0.446. The van der Waals surface area contributed by atoms with Crippen molar-refractivity contribution in [3.8, 4) is 22.6 Å². The molecule has 5 N–H and O–H groups in total. The van der Waals surface area contributed by atoms with Gasteiger partial charge in [0, 0.05) is 108 Å². The number of amides is 8. The Hall–Kier alpha value is -8.71. The van der Waals surface area contributed by atoms with Gasteiger partial charge in [-0.05, 0) is 61.4 Å². The highest BCUT2D eigenvalue weighted by Crippen LogP contribution is 2.38. The van der Waals surface area contributed by atoms with Gasteiger partial charge in [0.15, 0.2) is 17.3 Å². The number of imide groups is 1. The minimum absolute atomic E-state index is 0.00174. The van der Waals surface area contributed by atoms with Gasteiger partial charge in [-0.3, -0.25) is 48.2 Å². The first-order valence-corrected chi connectivity index (χ1v) is 26.8. The van der Waals surface area contributed by atoms with Crippen LogP contribution in [-0.4, -0.2) is 168 Å². The predicted molar refractivity (Wildman–Crippen MR) is 295 cm³/mol. The van der Waals surface area contributed by atoms with E-state index < -0.39 is 35.6 Å². The van der Waals surface area contributed by atoms with E-state index >= 15 is 0 Å². The molecule has 0 saturated carbocycles. The summed E-state index contributed by atoms with van der Waals surface area (Å²) in [5.41, 5.74) is 3.40. The number of hydrogen-bond donors (Lipinski definition) is 5. The van der Waals surface area contributed by atoms with E-state index in [9.17, 15) is 43.2 Å². The second kappa shape index (κ2) is 29.0. The van der Waals surface area contributed by atoms with Crippen molar-refractivity contribution in [2.24, 2.45) is 25.0 Å². The van der Waals surface area contributed by atoms with Crippen LogP contribution in [0.15, 0.2) is 72.0 Å². The number of aromatic nitrogens is 3. The van der Waals surface area contributed by atoms with Crippen LogP contribution in [0.25, 0.3) is 11.1 Å². The highest BCUT2D eigenvalue weighted by Gasteiger charge is 2.33. The maximum Gasteiger partial charge on any atom is 0.328 e. The summed E-state index contributed by atoms with van der Waals surface area (Å²) < 4.78 is 31.0. The number of fused-ring (bicyclic) bond motifs is 2. The SMILES string of the molecule is COc1cc2c(cc1OCCCC(=O)Nc1cn(C)c(C(=O)Nc3ccc(-c4cc(C(=O)NCCCOC(=O)C(NC(=O)CCOCCOCCNC(=O)CCN5C(=O)C=CC5=O)C(C)C)n(C)c4)cc3)n1)N=C[C@@H]1CCCN1C2=O. The first kappa shape index (κ1) is 59.9. The Bertz CT molecular complexity index is 3000. The van der Waals surface area contributed by atoms with Crippen molar-refractivity contribution in [2.45, 2.75) is 70.9 Å². The molecule has 432 valence electrons. The van der Waals surface area contributed by atoms with Gasteiger partial charge in [-0.25, -0.2) is 9.78 Å². The third kappa shape index (κ3) is 16.7. The van der Waals surface area contributed by atoms with Crippen LogP contribution in [0.3, 0.4) is 0 Å². The van der Waals surface area contributed by atoms with Gasteiger partial charge in [-0.15, -0.1) is 0 Å². The number of aryl methyl sites for hydroxylation is 2. The van der Waals surface area contributed by atoms with Crippen molar-refractivity contribution >= 4 is 76.6 Å². The van der Waals surface area contributed by atoms with Crippen LogP contribution in [0, 0.1) is 5.92 Å². The Morgan fingerprint density at radius 2 is 1.48 bits per heavy atom. The molecule has 0 bridgehead atoms. The number of nitrogens with one attached hydrogen (secondary N) is 5. The maximum absolute atomic E-state index is 13.3. The lowest BCUT2D eigenvalue weighted by atomic mass is 10.0. The fourth-order valence-corrected chi connectivity index (χ4v) is 8.93. The van der Waals surface area contributed by atoms with E-state index in [-0.39, 0.29) is 126 Å². The summed E-state index contributed by atoms with van der Waals surface area (Å²) >= 11 is 0. The molecular weight excluding hydrogens is 1050 g/mol. The van der Waals surface area contributed by atoms with Crippen molar-refractivity contribution < 1.29 is 66.8 Å². The lowest BCUT2D eigenvalue weighted by molar-refractivity contribution is -0.149. The van der Waals surface area contributed by atoms with E-state index in [2.05, 4.69) is 36.6 Å². The summed E-state index contributed by atoms with van der Waals surface area (Å²) in [5.74, 6) is -2.62. The summed E-state index contributed by atoms with van der Waals surface area (Å²) in [5, 5.41) is 13.8. The Labute approximate surface area is 468 Å². The molecule has 0 spiro atoms. The predicted octanol–water partition coefficient (Wildman–Crippen LogP) is 3.46. The van der Waals surface area contributed by atoms with Gasteiger partial charge in [0.2, 0.25) is 23.5 Å². The van der Waals surface area contributed by atoms with Gasteiger partial charge in [-0.2, -0.15) is 0 Å². The molecule has 25 heteroatoms. The Kier molecular flexibility index (Phi) is 21.4. The zero-order valence-corrected chi connectivity index (χ0v) is 46.1. The van der Waals surface area contributed by atoms with Crippen molar-refractivity contribution in [3.63, 3.8) is 0 Å². The number of carbonyl (C=O) groups excluding carboxylic acids is 9. The standard InChI is InChI=1S/C56H69N11O14/c1-35(2)51(63-48(70)18-25-78-27-28-79-26-20-57-46(68)17-22-67-49(71)15-16-50(67)72)56(76)81-24-8-19-58-53(73)42-29-37(33-64(42)3)36-11-13-38(14-12-36)60-54(74)52-62-45(34-65(52)4)61-47(69)10-7-23-80-44-31-41-40(30-43(44)77-5)55(75)66-21-6-9-39(66)32-59-41/h11-16,29-35,39,51H,6-10,17-28H2,1-5H3,(H,57,68)(H,58,73)(H,60,74)(H,61,69)(H,63,70)/t39-,51?/m0/s1. The molecule has 8 amide bonds. The number of nitrogens with zero attached hydrogens (tertiary/aromatic N) is 6. The molecule has 5 heterocycles. The molecule has 0 aliphatic carbocycles. The van der Waals surface area contributed by atoms with E-state index in [1.807, 2.05) is 4.90 Å². The Morgan fingerprint density at radius 3 is 2.22 bits per heavy atom. The number of hydrogen-bond acceptors (Lipinski definition) is 16. The van der Waals surface area contributed by atoms with Crippen LogP contribution in [0.1, 0.15) is 90.3 Å². The number of esters is 1. The molecule has 0 radical (unpaired) electrons. The van der Waals surface area contributed by atoms with Gasteiger partial charge >= 0.3 is 5.97 Å². The Morgan fingerprint density at radius 1 is 0.728 bits per heavy atom. The van der Waals surface area contributed by atoms with E-state index in [0.29, 0.717) is 53.5 Å². The quantitative estimate of drug-likeness (QED) is 0.0284. The molecule has 1 fully saturated rings. The van der Waals surface area contributed by atoms with E-state index in [0.717, 1.165) is 41.0 Å². The van der Waals surface area contributed by atoms with Crippen LogP contribution in [0.2, 0.25) is 0 Å². The van der Waals surface area contributed by atoms with E-state index in [1.165, 1.54) is 11.7 Å². The molecular formula is C56H69N11O14. The lowest BCUT2D eigenvalue weighted by Gasteiger charge is -2.21. The molecule has 1 unspecified atom stereocenters. The summed E-state index contributed by atoms with van der Waals surface area (Å²) in [6.07, 6.45) is 10.1. The summed E-state index contributed by atoms with van der Waals surface area (Å²) in [7, 11) is 4.89. The average Bonchev–Trinajstić information content (AvgIpc) is 4.47. The fourth-order valence-electron chi connectivity index (χ4n) is 8.93. The second-order valence-electron chi connectivity index (χ2n) is 19.6. The molecule has 2 aromatic carbocycles. The minimum atomic E-state index is -0.889. The number of methoxy groups -OCH3 is 1. The highest BCUT2D eigenvalue weighted by molar-refractivity contribution is 6.13. The van der Waals surface area contributed by atoms with Crippen molar-refractivity contribution in [3.05, 3.63) is 84.1 Å². The molecule has 81 heavy (non-hydrogen) atoms. The number of imidazole rings is 1. The molecule has 1 saturated heterocycles. The number of ether oxygens (including phenoxy) is 5. The molecule has 7 rings (SSSR count). The molecule has 3 aliphatic rings. The van der Waals surface area contributed by atoms with E-state index in [1.54, 1.807) is 93.6 Å². The zero-order chi connectivity index (χ0) is 58.0. The average molecular weight is 1120 g/mol. The van der Waals surface area contributed by atoms with Gasteiger partial charge in [0.05, 0.1) is 64.0 Å². The van der Waals surface area contributed by atoms with Crippen LogP contribution >= 0.6 is 0 Å². The third-order valence-corrected chi connectivity index (χ3v) is 13.3.